The van der Waals surface area contributed by atoms with Crippen molar-refractivity contribution in [3.63, 3.8) is 0 Å². The fourth-order valence-electron chi connectivity index (χ4n) is 5.31. The predicted octanol–water partition coefficient (Wildman–Crippen LogP) is 3.31. The zero-order valence-corrected chi connectivity index (χ0v) is 16.1. The number of nitrogens with one attached hydrogen (secondary N) is 2. The second-order valence-corrected chi connectivity index (χ2v) is 9.79. The van der Waals surface area contributed by atoms with Crippen LogP contribution in [0.25, 0.3) is 0 Å². The molecule has 140 valence electrons. The van der Waals surface area contributed by atoms with Gasteiger partial charge in [0.2, 0.25) is 5.91 Å². The molecule has 0 aromatic rings. The summed E-state index contributed by atoms with van der Waals surface area (Å²) >= 11 is 2.04. The monoisotopic (exact) mass is 363 g/mol. The minimum absolute atomic E-state index is 0.156. The van der Waals surface area contributed by atoms with E-state index in [1.54, 1.807) is 0 Å². The van der Waals surface area contributed by atoms with Crippen LogP contribution in [0.2, 0.25) is 0 Å². The standard InChI is InChI=1S/C20H33N3OS/c24-20(9-7-15-6-8-16-3-1-4-17(16)13-15)23(19-10-11-21-22-19)14-18-5-2-12-25-18/h7,9,15-19,21-22H,1-6,8,10-14H2/b9-7+. The molecule has 25 heavy (non-hydrogen) atoms. The predicted molar refractivity (Wildman–Crippen MR) is 104 cm³/mol. The minimum Gasteiger partial charge on any atom is -0.321 e. The van der Waals surface area contributed by atoms with E-state index in [9.17, 15) is 4.79 Å². The fourth-order valence-corrected chi connectivity index (χ4v) is 6.58. The molecule has 2 N–H and O–H groups in total. The summed E-state index contributed by atoms with van der Waals surface area (Å²) in [5.41, 5.74) is 6.48. The number of hydrogen-bond acceptors (Lipinski definition) is 4. The van der Waals surface area contributed by atoms with Crippen molar-refractivity contribution in [2.45, 2.75) is 69.2 Å². The number of amides is 1. The number of thioether (sulfide) groups is 1. The summed E-state index contributed by atoms with van der Waals surface area (Å²) < 4.78 is 0. The van der Waals surface area contributed by atoms with Crippen LogP contribution in [0.4, 0.5) is 0 Å². The molecule has 0 spiro atoms. The summed E-state index contributed by atoms with van der Waals surface area (Å²) in [5.74, 6) is 4.02. The minimum atomic E-state index is 0.156. The van der Waals surface area contributed by atoms with Gasteiger partial charge >= 0.3 is 0 Å². The Kier molecular flexibility index (Phi) is 6.04. The molecule has 2 heterocycles. The number of nitrogens with zero attached hydrogens (tertiary/aromatic N) is 1. The van der Waals surface area contributed by atoms with E-state index >= 15 is 0 Å². The average Bonchev–Trinajstić information content (AvgIpc) is 3.39. The fraction of sp³-hybridized carbons (Fsp3) is 0.850. The van der Waals surface area contributed by atoms with Crippen molar-refractivity contribution in [3.8, 4) is 0 Å². The van der Waals surface area contributed by atoms with E-state index in [2.05, 4.69) is 21.8 Å². The first-order valence-corrected chi connectivity index (χ1v) is 11.4. The van der Waals surface area contributed by atoms with Gasteiger partial charge in [0.1, 0.15) is 0 Å². The molecule has 2 saturated carbocycles. The summed E-state index contributed by atoms with van der Waals surface area (Å²) in [4.78, 5) is 15.0. The lowest BCUT2D eigenvalue weighted by Crippen LogP contribution is -2.49. The molecular weight excluding hydrogens is 330 g/mol. The summed E-state index contributed by atoms with van der Waals surface area (Å²) in [6, 6.07) is 0. The number of hydrazine groups is 1. The molecular formula is C20H33N3OS. The molecule has 0 aromatic carbocycles. The van der Waals surface area contributed by atoms with Crippen molar-refractivity contribution in [2.24, 2.45) is 17.8 Å². The number of rotatable bonds is 5. The van der Waals surface area contributed by atoms with Gasteiger partial charge in [-0.15, -0.1) is 0 Å². The summed E-state index contributed by atoms with van der Waals surface area (Å²) in [6.07, 6.45) is 16.1. The highest BCUT2D eigenvalue weighted by Crippen LogP contribution is 2.44. The van der Waals surface area contributed by atoms with Crippen LogP contribution >= 0.6 is 11.8 Å². The van der Waals surface area contributed by atoms with Crippen LogP contribution in [-0.2, 0) is 4.79 Å². The second kappa shape index (κ2) is 8.45. The molecule has 1 amide bonds. The molecule has 0 radical (unpaired) electrons. The van der Waals surface area contributed by atoms with E-state index in [0.717, 1.165) is 31.3 Å². The van der Waals surface area contributed by atoms with Crippen LogP contribution in [0.5, 0.6) is 0 Å². The van der Waals surface area contributed by atoms with E-state index in [1.807, 2.05) is 17.8 Å². The van der Waals surface area contributed by atoms with Crippen molar-refractivity contribution >= 4 is 17.7 Å². The Morgan fingerprint density at radius 1 is 1.08 bits per heavy atom. The summed E-state index contributed by atoms with van der Waals surface area (Å²) in [7, 11) is 0. The number of fused-ring (bicyclic) bond motifs is 1. The van der Waals surface area contributed by atoms with Gasteiger partial charge in [-0.1, -0.05) is 25.3 Å². The van der Waals surface area contributed by atoms with Crippen molar-refractivity contribution in [3.05, 3.63) is 12.2 Å². The smallest absolute Gasteiger partial charge is 0.247 e. The number of carbonyl (C=O) groups excluding carboxylic acids is 1. The topological polar surface area (TPSA) is 44.4 Å². The van der Waals surface area contributed by atoms with E-state index < -0.39 is 0 Å². The maximum atomic E-state index is 13.0. The van der Waals surface area contributed by atoms with Gasteiger partial charge in [0.05, 0.1) is 6.17 Å². The zero-order chi connectivity index (χ0) is 17.1. The highest BCUT2D eigenvalue weighted by Gasteiger charge is 2.33. The number of hydrogen-bond donors (Lipinski definition) is 2. The Morgan fingerprint density at radius 3 is 2.80 bits per heavy atom. The summed E-state index contributed by atoms with van der Waals surface area (Å²) in [6.45, 7) is 1.84. The van der Waals surface area contributed by atoms with Crippen molar-refractivity contribution < 1.29 is 4.79 Å². The van der Waals surface area contributed by atoms with Gasteiger partial charge in [-0.3, -0.25) is 10.2 Å². The van der Waals surface area contributed by atoms with Crippen molar-refractivity contribution in [1.82, 2.24) is 15.8 Å². The highest BCUT2D eigenvalue weighted by molar-refractivity contribution is 8.00. The maximum absolute atomic E-state index is 13.0. The molecule has 5 atom stereocenters. The molecule has 4 fully saturated rings. The van der Waals surface area contributed by atoms with E-state index in [-0.39, 0.29) is 12.1 Å². The molecule has 2 saturated heterocycles. The Bertz CT molecular complexity index is 485. The summed E-state index contributed by atoms with van der Waals surface area (Å²) in [5, 5.41) is 0.619. The van der Waals surface area contributed by atoms with Gasteiger partial charge < -0.3 is 4.90 Å². The third-order valence-electron chi connectivity index (χ3n) is 6.74. The first kappa shape index (κ1) is 17.9. The molecule has 2 aliphatic carbocycles. The SMILES string of the molecule is O=C(/C=C/C1CCC2CCCC2C1)N(CC1CCCS1)C1CCNN1. The molecule has 4 rings (SSSR count). The lowest BCUT2D eigenvalue weighted by Gasteiger charge is -2.31. The molecule has 4 nitrogen and oxygen atoms in total. The van der Waals surface area contributed by atoms with Crippen LogP contribution in [0.15, 0.2) is 12.2 Å². The first-order valence-electron chi connectivity index (χ1n) is 10.4. The van der Waals surface area contributed by atoms with Gasteiger partial charge in [0.15, 0.2) is 0 Å². The molecule has 5 heteroatoms. The third kappa shape index (κ3) is 4.42. The van der Waals surface area contributed by atoms with Gasteiger partial charge in [-0.2, -0.15) is 11.8 Å². The number of carbonyl (C=O) groups is 1. The Hall–Kier alpha value is -0.520. The molecule has 5 unspecified atom stereocenters. The molecule has 0 aromatic heterocycles. The second-order valence-electron chi connectivity index (χ2n) is 8.38. The van der Waals surface area contributed by atoms with E-state index in [0.29, 0.717) is 11.2 Å². The van der Waals surface area contributed by atoms with E-state index in [1.165, 1.54) is 57.1 Å². The maximum Gasteiger partial charge on any atom is 0.247 e. The lowest BCUT2D eigenvalue weighted by atomic mass is 9.76. The Morgan fingerprint density at radius 2 is 2.00 bits per heavy atom. The molecule has 2 aliphatic heterocycles. The van der Waals surface area contributed by atoms with Crippen LogP contribution in [-0.4, -0.2) is 41.1 Å². The lowest BCUT2D eigenvalue weighted by molar-refractivity contribution is -0.128. The first-order chi connectivity index (χ1) is 12.3. The van der Waals surface area contributed by atoms with Gasteiger partial charge in [0.25, 0.3) is 0 Å². The Labute approximate surface area is 156 Å². The third-order valence-corrected chi connectivity index (χ3v) is 8.12. The molecule has 0 bridgehead atoms. The zero-order valence-electron chi connectivity index (χ0n) is 15.3. The van der Waals surface area contributed by atoms with Crippen LogP contribution in [0.1, 0.15) is 57.8 Å². The van der Waals surface area contributed by atoms with Crippen molar-refractivity contribution in [2.75, 3.05) is 18.8 Å². The van der Waals surface area contributed by atoms with Crippen LogP contribution in [0.3, 0.4) is 0 Å². The van der Waals surface area contributed by atoms with E-state index in [4.69, 9.17) is 0 Å². The van der Waals surface area contributed by atoms with Crippen molar-refractivity contribution in [1.29, 1.82) is 0 Å². The molecule has 4 aliphatic rings. The normalized spacial score (nSPS) is 38.3. The highest BCUT2D eigenvalue weighted by atomic mass is 32.2. The average molecular weight is 364 g/mol. The number of allylic oxidation sites excluding steroid dienone is 1. The quantitative estimate of drug-likeness (QED) is 0.736. The van der Waals surface area contributed by atoms with Gasteiger partial charge in [-0.05, 0) is 68.1 Å². The van der Waals surface area contributed by atoms with Crippen LogP contribution < -0.4 is 10.9 Å². The van der Waals surface area contributed by atoms with Gasteiger partial charge in [-0.25, -0.2) is 5.43 Å². The van der Waals surface area contributed by atoms with Gasteiger partial charge in [0, 0.05) is 18.3 Å². The van der Waals surface area contributed by atoms with Crippen LogP contribution in [0, 0.1) is 17.8 Å². The largest absolute Gasteiger partial charge is 0.321 e. The Balaban J connectivity index is 1.35.